The third kappa shape index (κ3) is 2.09. The third-order valence-electron chi connectivity index (χ3n) is 3.67. The maximum absolute atomic E-state index is 2.44. The molecule has 2 rings (SSSR count). The summed E-state index contributed by atoms with van der Waals surface area (Å²) in [5.41, 5.74) is 1.71. The Morgan fingerprint density at radius 1 is 1.29 bits per heavy atom. The van der Waals surface area contributed by atoms with Gasteiger partial charge in [0.25, 0.3) is 0 Å². The number of hydrogen-bond acceptors (Lipinski definition) is 1. The lowest BCUT2D eigenvalue weighted by Gasteiger charge is -2.33. The fourth-order valence-corrected chi connectivity index (χ4v) is 2.64. The highest BCUT2D eigenvalue weighted by atomic mass is 15.1. The topological polar surface area (TPSA) is 3.24 Å². The zero-order chi connectivity index (χ0) is 9.97. The van der Waals surface area contributed by atoms with Crippen LogP contribution in [0.3, 0.4) is 0 Å². The molecule has 1 saturated heterocycles. The van der Waals surface area contributed by atoms with E-state index in [1.807, 2.05) is 0 Å². The van der Waals surface area contributed by atoms with Gasteiger partial charge in [-0.3, -0.25) is 0 Å². The highest BCUT2D eigenvalue weighted by Crippen LogP contribution is 2.32. The van der Waals surface area contributed by atoms with Gasteiger partial charge >= 0.3 is 0 Å². The van der Waals surface area contributed by atoms with Crippen LogP contribution < -0.4 is 0 Å². The molecule has 0 spiro atoms. The quantitative estimate of drug-likeness (QED) is 0.616. The molecule has 0 amide bonds. The van der Waals surface area contributed by atoms with Crippen LogP contribution in [0.5, 0.6) is 0 Å². The predicted octanol–water partition coefficient (Wildman–Crippen LogP) is 2.85. The fourth-order valence-electron chi connectivity index (χ4n) is 2.64. The van der Waals surface area contributed by atoms with E-state index in [0.29, 0.717) is 0 Å². The molecular weight excluding hydrogens is 170 g/mol. The molecule has 1 unspecified atom stereocenters. The van der Waals surface area contributed by atoms with Crippen LogP contribution >= 0.6 is 0 Å². The summed E-state index contributed by atoms with van der Waals surface area (Å²) in [5, 5.41) is 0. The van der Waals surface area contributed by atoms with Crippen LogP contribution in [-0.2, 0) is 0 Å². The molecule has 1 aliphatic carbocycles. The summed E-state index contributed by atoms with van der Waals surface area (Å²) in [4.78, 5) is 2.44. The Balaban J connectivity index is 2.00. The Labute approximate surface area is 87.5 Å². The molecule has 0 N–H and O–H groups in total. The molecule has 1 nitrogen and oxygen atoms in total. The van der Waals surface area contributed by atoms with E-state index in [1.54, 1.807) is 5.57 Å². The minimum atomic E-state index is 0.786. The van der Waals surface area contributed by atoms with Crippen molar-refractivity contribution in [2.45, 2.75) is 26.2 Å². The van der Waals surface area contributed by atoms with Crippen LogP contribution in [0, 0.1) is 11.8 Å². The SMILES string of the molecule is CC1CC=CC=C1C1CCN(C)CC1. The normalized spacial score (nSPS) is 30.4. The molecule has 0 radical (unpaired) electrons. The van der Waals surface area contributed by atoms with Gasteiger partial charge in [-0.1, -0.05) is 30.7 Å². The summed E-state index contributed by atoms with van der Waals surface area (Å²) < 4.78 is 0. The Kier molecular flexibility index (Phi) is 3.07. The maximum Gasteiger partial charge on any atom is -0.00161 e. The van der Waals surface area contributed by atoms with Crippen molar-refractivity contribution in [3.05, 3.63) is 23.8 Å². The lowest BCUT2D eigenvalue weighted by molar-refractivity contribution is 0.231. The lowest BCUT2D eigenvalue weighted by Crippen LogP contribution is -2.32. The average Bonchev–Trinajstić information content (AvgIpc) is 2.20. The van der Waals surface area contributed by atoms with Crippen LogP contribution in [0.4, 0.5) is 0 Å². The van der Waals surface area contributed by atoms with Crippen molar-refractivity contribution in [2.75, 3.05) is 20.1 Å². The van der Waals surface area contributed by atoms with Gasteiger partial charge in [0.1, 0.15) is 0 Å². The first-order valence-electron chi connectivity index (χ1n) is 5.82. The first kappa shape index (κ1) is 9.97. The zero-order valence-electron chi connectivity index (χ0n) is 9.37. The van der Waals surface area contributed by atoms with Crippen molar-refractivity contribution < 1.29 is 0 Å². The summed E-state index contributed by atoms with van der Waals surface area (Å²) in [5.74, 6) is 1.65. The first-order valence-corrected chi connectivity index (χ1v) is 5.82. The van der Waals surface area contributed by atoms with Gasteiger partial charge in [0, 0.05) is 0 Å². The van der Waals surface area contributed by atoms with E-state index in [-0.39, 0.29) is 0 Å². The van der Waals surface area contributed by atoms with Crippen LogP contribution in [0.1, 0.15) is 26.2 Å². The molecule has 78 valence electrons. The van der Waals surface area contributed by atoms with Gasteiger partial charge in [-0.15, -0.1) is 0 Å². The van der Waals surface area contributed by atoms with E-state index >= 15 is 0 Å². The van der Waals surface area contributed by atoms with E-state index in [2.05, 4.69) is 37.1 Å². The molecule has 14 heavy (non-hydrogen) atoms. The number of rotatable bonds is 1. The minimum Gasteiger partial charge on any atom is -0.306 e. The monoisotopic (exact) mass is 191 g/mol. The highest BCUT2D eigenvalue weighted by molar-refractivity contribution is 5.23. The van der Waals surface area contributed by atoms with Crippen LogP contribution in [0.2, 0.25) is 0 Å². The van der Waals surface area contributed by atoms with Gasteiger partial charge in [-0.05, 0) is 51.2 Å². The lowest BCUT2D eigenvalue weighted by atomic mass is 9.79. The van der Waals surface area contributed by atoms with Crippen molar-refractivity contribution >= 4 is 0 Å². The van der Waals surface area contributed by atoms with Gasteiger partial charge in [0.2, 0.25) is 0 Å². The summed E-state index contributed by atoms with van der Waals surface area (Å²) in [6.07, 6.45) is 10.9. The summed E-state index contributed by atoms with van der Waals surface area (Å²) in [6.45, 7) is 4.92. The summed E-state index contributed by atoms with van der Waals surface area (Å²) in [6, 6.07) is 0. The molecule has 0 bridgehead atoms. The summed E-state index contributed by atoms with van der Waals surface area (Å²) in [7, 11) is 2.23. The highest BCUT2D eigenvalue weighted by Gasteiger charge is 2.23. The van der Waals surface area contributed by atoms with Crippen LogP contribution in [0.25, 0.3) is 0 Å². The van der Waals surface area contributed by atoms with E-state index in [9.17, 15) is 0 Å². The van der Waals surface area contributed by atoms with Crippen LogP contribution in [-0.4, -0.2) is 25.0 Å². The number of nitrogens with zero attached hydrogens (tertiary/aromatic N) is 1. The van der Waals surface area contributed by atoms with Crippen molar-refractivity contribution in [1.29, 1.82) is 0 Å². The largest absolute Gasteiger partial charge is 0.306 e. The van der Waals surface area contributed by atoms with E-state index in [1.165, 1.54) is 32.4 Å². The molecule has 0 aromatic rings. The summed E-state index contributed by atoms with van der Waals surface area (Å²) >= 11 is 0. The molecular formula is C13H21N. The van der Waals surface area contributed by atoms with Gasteiger partial charge in [0.15, 0.2) is 0 Å². The standard InChI is InChI=1S/C13H21N/c1-11-5-3-4-6-13(11)12-7-9-14(2)10-8-12/h3-4,6,11-12H,5,7-10H2,1-2H3. The molecule has 0 saturated carbocycles. The molecule has 0 aromatic carbocycles. The van der Waals surface area contributed by atoms with Gasteiger partial charge < -0.3 is 4.90 Å². The van der Waals surface area contributed by atoms with E-state index < -0.39 is 0 Å². The number of allylic oxidation sites excluding steroid dienone is 4. The van der Waals surface area contributed by atoms with Gasteiger partial charge in [0.05, 0.1) is 0 Å². The molecule has 0 aromatic heterocycles. The minimum absolute atomic E-state index is 0.786. The molecule has 1 heterocycles. The predicted molar refractivity (Wildman–Crippen MR) is 61.2 cm³/mol. The Morgan fingerprint density at radius 2 is 2.00 bits per heavy atom. The van der Waals surface area contributed by atoms with Gasteiger partial charge in [-0.2, -0.15) is 0 Å². The van der Waals surface area contributed by atoms with E-state index in [4.69, 9.17) is 0 Å². The number of likely N-dealkylation sites (tertiary alicyclic amines) is 1. The molecule has 1 heteroatoms. The van der Waals surface area contributed by atoms with Crippen molar-refractivity contribution in [1.82, 2.24) is 4.90 Å². The Bertz CT molecular complexity index is 244. The van der Waals surface area contributed by atoms with Crippen molar-refractivity contribution in [3.63, 3.8) is 0 Å². The second-order valence-electron chi connectivity index (χ2n) is 4.81. The molecule has 2 aliphatic rings. The van der Waals surface area contributed by atoms with E-state index in [0.717, 1.165) is 11.8 Å². The second kappa shape index (κ2) is 4.31. The van der Waals surface area contributed by atoms with Crippen molar-refractivity contribution in [3.8, 4) is 0 Å². The smallest absolute Gasteiger partial charge is 0.00161 e. The van der Waals surface area contributed by atoms with Crippen molar-refractivity contribution in [2.24, 2.45) is 11.8 Å². The molecule has 1 atom stereocenters. The molecule has 1 aliphatic heterocycles. The Hall–Kier alpha value is -0.560. The zero-order valence-corrected chi connectivity index (χ0v) is 9.37. The van der Waals surface area contributed by atoms with Gasteiger partial charge in [-0.25, -0.2) is 0 Å². The fraction of sp³-hybridized carbons (Fsp3) is 0.692. The maximum atomic E-state index is 2.44. The number of piperidine rings is 1. The molecule has 1 fully saturated rings. The second-order valence-corrected chi connectivity index (χ2v) is 4.81. The number of hydrogen-bond donors (Lipinski definition) is 0. The Morgan fingerprint density at radius 3 is 2.64 bits per heavy atom. The average molecular weight is 191 g/mol. The third-order valence-corrected chi connectivity index (χ3v) is 3.67. The first-order chi connectivity index (χ1) is 6.77. The van der Waals surface area contributed by atoms with Crippen LogP contribution in [0.15, 0.2) is 23.8 Å².